The molecule has 0 saturated heterocycles. The third kappa shape index (κ3) is 0.774. The van der Waals surface area contributed by atoms with Crippen LogP contribution in [0, 0.1) is 5.92 Å². The lowest BCUT2D eigenvalue weighted by Gasteiger charge is -2.03. The summed E-state index contributed by atoms with van der Waals surface area (Å²) in [6, 6.07) is 0. The van der Waals surface area contributed by atoms with E-state index in [1.54, 1.807) is 0 Å². The lowest BCUT2D eigenvalue weighted by Crippen LogP contribution is -2.19. The van der Waals surface area contributed by atoms with Gasteiger partial charge >= 0.3 is 0 Å². The summed E-state index contributed by atoms with van der Waals surface area (Å²) in [5.74, 6) is 0.824. The van der Waals surface area contributed by atoms with Crippen molar-refractivity contribution in [2.24, 2.45) is 5.92 Å². The molecule has 1 aliphatic carbocycles. The second-order valence-electron chi connectivity index (χ2n) is 2.63. The van der Waals surface area contributed by atoms with Crippen molar-refractivity contribution in [2.75, 3.05) is 0 Å². The van der Waals surface area contributed by atoms with E-state index in [0.717, 1.165) is 5.92 Å². The van der Waals surface area contributed by atoms with Crippen LogP contribution >= 0.6 is 12.8 Å². The summed E-state index contributed by atoms with van der Waals surface area (Å²) >= 11 is 3.97. The smallest absolute Gasteiger partial charge is 0.0281 e. The topological polar surface area (TPSA) is 12.0 Å². The van der Waals surface area contributed by atoms with Gasteiger partial charge in [0.1, 0.15) is 0 Å². The van der Waals surface area contributed by atoms with E-state index in [-0.39, 0.29) is 0 Å². The van der Waals surface area contributed by atoms with Gasteiger partial charge in [0.25, 0.3) is 0 Å². The highest BCUT2D eigenvalue weighted by Gasteiger charge is 2.45. The van der Waals surface area contributed by atoms with Crippen LogP contribution in [0.3, 0.4) is 0 Å². The van der Waals surface area contributed by atoms with Crippen molar-refractivity contribution in [3.8, 4) is 0 Å². The number of nitrogens with one attached hydrogen (secondary N) is 1. The molecule has 2 heteroatoms. The largest absolute Gasteiger partial charge is 0.261 e. The van der Waals surface area contributed by atoms with Gasteiger partial charge in [0.15, 0.2) is 0 Å². The van der Waals surface area contributed by atoms with Gasteiger partial charge in [-0.2, -0.15) is 0 Å². The molecule has 0 aromatic carbocycles. The van der Waals surface area contributed by atoms with Crippen LogP contribution in [0.5, 0.6) is 0 Å². The second-order valence-corrected chi connectivity index (χ2v) is 2.86. The number of rotatable bonds is 1. The van der Waals surface area contributed by atoms with Crippen LogP contribution in [0.1, 0.15) is 20.3 Å². The molecule has 42 valence electrons. The molecule has 0 radical (unpaired) electrons. The Morgan fingerprint density at radius 3 is 2.29 bits per heavy atom. The van der Waals surface area contributed by atoms with Crippen LogP contribution in [-0.2, 0) is 0 Å². The molecule has 1 rings (SSSR count). The van der Waals surface area contributed by atoms with Gasteiger partial charge in [0.2, 0.25) is 0 Å². The Kier molecular flexibility index (Phi) is 1.08. The lowest BCUT2D eigenvalue weighted by atomic mass is 10.3. The fourth-order valence-electron chi connectivity index (χ4n) is 0.733. The third-order valence-electron chi connectivity index (χ3n) is 1.91. The average molecular weight is 117 g/mol. The summed E-state index contributed by atoms with van der Waals surface area (Å²) in [6.45, 7) is 4.41. The van der Waals surface area contributed by atoms with Crippen LogP contribution in [0.2, 0.25) is 0 Å². The van der Waals surface area contributed by atoms with Crippen molar-refractivity contribution in [3.05, 3.63) is 0 Å². The summed E-state index contributed by atoms with van der Waals surface area (Å²) in [5.41, 5.74) is 0.364. The van der Waals surface area contributed by atoms with Gasteiger partial charge in [-0.05, 0) is 19.3 Å². The molecule has 1 N–H and O–H groups in total. The van der Waals surface area contributed by atoms with Crippen molar-refractivity contribution in [2.45, 2.75) is 25.8 Å². The minimum absolute atomic E-state index is 0.364. The van der Waals surface area contributed by atoms with Crippen molar-refractivity contribution >= 4 is 12.8 Å². The first-order valence-electron chi connectivity index (χ1n) is 2.60. The summed E-state index contributed by atoms with van der Waals surface area (Å²) in [5, 5.41) is 0. The third-order valence-corrected chi connectivity index (χ3v) is 2.42. The zero-order valence-corrected chi connectivity index (χ0v) is 5.63. The average Bonchev–Trinajstić information content (AvgIpc) is 2.18. The van der Waals surface area contributed by atoms with Crippen LogP contribution in [0.15, 0.2) is 0 Å². The molecule has 7 heavy (non-hydrogen) atoms. The first kappa shape index (κ1) is 5.45. The Labute approximate surface area is 50.0 Å². The zero-order valence-electron chi connectivity index (χ0n) is 4.73. The minimum Gasteiger partial charge on any atom is -0.261 e. The molecule has 0 aliphatic heterocycles. The maximum absolute atomic E-state index is 3.97. The Morgan fingerprint density at radius 1 is 1.86 bits per heavy atom. The standard InChI is InChI=1S/C5H11NS/c1-4-3-5(4,2)6-7/h4,6-7H,3H2,1-2H3/t4-,5?/m1/s1. The molecule has 0 amide bonds. The molecule has 2 atom stereocenters. The molecule has 0 spiro atoms. The van der Waals surface area contributed by atoms with E-state index in [9.17, 15) is 0 Å². The summed E-state index contributed by atoms with van der Waals surface area (Å²) in [6.07, 6.45) is 1.27. The van der Waals surface area contributed by atoms with E-state index in [4.69, 9.17) is 0 Å². The van der Waals surface area contributed by atoms with Gasteiger partial charge in [-0.15, -0.1) is 0 Å². The second kappa shape index (κ2) is 1.39. The maximum atomic E-state index is 3.97. The highest BCUT2D eigenvalue weighted by atomic mass is 32.1. The molecule has 0 aromatic rings. The maximum Gasteiger partial charge on any atom is 0.0281 e. The van der Waals surface area contributed by atoms with Crippen molar-refractivity contribution in [1.29, 1.82) is 0 Å². The summed E-state index contributed by atoms with van der Waals surface area (Å²) in [4.78, 5) is 0. The van der Waals surface area contributed by atoms with Gasteiger partial charge < -0.3 is 0 Å². The monoisotopic (exact) mass is 117 g/mol. The number of hydrogen-bond acceptors (Lipinski definition) is 2. The predicted octanol–water partition coefficient (Wildman–Crippen LogP) is 1.22. The lowest BCUT2D eigenvalue weighted by molar-refractivity contribution is 0.641. The molecule has 1 fully saturated rings. The molecular weight excluding hydrogens is 106 g/mol. The van der Waals surface area contributed by atoms with E-state index in [1.807, 2.05) is 0 Å². The molecule has 1 aliphatic rings. The predicted molar refractivity (Wildman–Crippen MR) is 34.3 cm³/mol. The van der Waals surface area contributed by atoms with Crippen LogP contribution in [0.25, 0.3) is 0 Å². The van der Waals surface area contributed by atoms with E-state index >= 15 is 0 Å². The molecule has 0 bridgehead atoms. The highest BCUT2D eigenvalue weighted by molar-refractivity contribution is 7.78. The highest BCUT2D eigenvalue weighted by Crippen LogP contribution is 2.42. The van der Waals surface area contributed by atoms with E-state index in [1.165, 1.54) is 6.42 Å². The fraction of sp³-hybridized carbons (Fsp3) is 1.00. The van der Waals surface area contributed by atoms with Gasteiger partial charge in [-0.3, -0.25) is 4.72 Å². The minimum atomic E-state index is 0.364. The summed E-state index contributed by atoms with van der Waals surface area (Å²) in [7, 11) is 0. The van der Waals surface area contributed by atoms with Crippen LogP contribution in [0.4, 0.5) is 0 Å². The van der Waals surface area contributed by atoms with Crippen molar-refractivity contribution in [3.63, 3.8) is 0 Å². The fourth-order valence-corrected chi connectivity index (χ4v) is 1.04. The van der Waals surface area contributed by atoms with Crippen LogP contribution < -0.4 is 4.72 Å². The Bertz CT molecular complexity index is 80.1. The Balaban J connectivity index is 2.36. The van der Waals surface area contributed by atoms with Gasteiger partial charge in [0, 0.05) is 5.54 Å². The quantitative estimate of drug-likeness (QED) is 0.492. The van der Waals surface area contributed by atoms with E-state index in [2.05, 4.69) is 31.4 Å². The van der Waals surface area contributed by atoms with Crippen molar-refractivity contribution in [1.82, 2.24) is 4.72 Å². The van der Waals surface area contributed by atoms with E-state index in [0.29, 0.717) is 5.54 Å². The first-order chi connectivity index (χ1) is 3.19. The molecule has 0 heterocycles. The number of thiol groups is 1. The number of hydrogen-bond donors (Lipinski definition) is 2. The van der Waals surface area contributed by atoms with Gasteiger partial charge in [-0.1, -0.05) is 19.7 Å². The summed E-state index contributed by atoms with van der Waals surface area (Å²) < 4.78 is 2.96. The van der Waals surface area contributed by atoms with Crippen LogP contribution in [-0.4, -0.2) is 5.54 Å². The molecule has 0 aromatic heterocycles. The van der Waals surface area contributed by atoms with Gasteiger partial charge in [-0.25, -0.2) is 0 Å². The zero-order chi connectivity index (χ0) is 5.49. The van der Waals surface area contributed by atoms with E-state index < -0.39 is 0 Å². The molecule has 1 saturated carbocycles. The molecule has 1 unspecified atom stereocenters. The van der Waals surface area contributed by atoms with Gasteiger partial charge in [0.05, 0.1) is 0 Å². The SMILES string of the molecule is C[C@@H]1CC1(C)NS. The normalized spacial score (nSPS) is 49.3. The first-order valence-corrected chi connectivity index (χ1v) is 3.05. The molecule has 1 nitrogen and oxygen atoms in total. The Morgan fingerprint density at radius 2 is 2.29 bits per heavy atom. The van der Waals surface area contributed by atoms with Crippen molar-refractivity contribution < 1.29 is 0 Å². The molecular formula is C5H11NS. The Hall–Kier alpha value is 0.310.